The standard InChI is InChI=1S/C13H19NO/c1-9(2)11-5-6-13(15-4)12(8-11)7-10(3)14/h5-6,8,10H,1,7,14H2,2-4H3. The minimum Gasteiger partial charge on any atom is -0.496 e. The lowest BCUT2D eigenvalue weighted by molar-refractivity contribution is 0.408. The van der Waals surface area contributed by atoms with Crippen molar-refractivity contribution in [2.24, 2.45) is 5.73 Å². The molecule has 2 nitrogen and oxygen atoms in total. The molecule has 0 heterocycles. The summed E-state index contributed by atoms with van der Waals surface area (Å²) in [6, 6.07) is 6.23. The highest BCUT2D eigenvalue weighted by Crippen LogP contribution is 2.24. The first kappa shape index (κ1) is 11.8. The van der Waals surface area contributed by atoms with Gasteiger partial charge in [-0.25, -0.2) is 0 Å². The fourth-order valence-corrected chi connectivity index (χ4v) is 1.55. The van der Waals surface area contributed by atoms with Crippen LogP contribution in [0.25, 0.3) is 5.57 Å². The lowest BCUT2D eigenvalue weighted by Gasteiger charge is -2.12. The van der Waals surface area contributed by atoms with Crippen LogP contribution in [0.15, 0.2) is 24.8 Å². The van der Waals surface area contributed by atoms with Crippen LogP contribution >= 0.6 is 0 Å². The predicted octanol–water partition coefficient (Wildman–Crippen LogP) is 2.62. The second-order valence-corrected chi connectivity index (χ2v) is 3.99. The Kier molecular flexibility index (Phi) is 3.92. The van der Waals surface area contributed by atoms with Crippen molar-refractivity contribution < 1.29 is 4.74 Å². The lowest BCUT2D eigenvalue weighted by atomic mass is 10.0. The first-order chi connectivity index (χ1) is 7.04. The minimum absolute atomic E-state index is 0.138. The maximum atomic E-state index is 5.80. The Labute approximate surface area is 91.7 Å². The van der Waals surface area contributed by atoms with E-state index >= 15 is 0 Å². The molecule has 0 fully saturated rings. The zero-order chi connectivity index (χ0) is 11.4. The average Bonchev–Trinajstić information content (AvgIpc) is 2.16. The van der Waals surface area contributed by atoms with Crippen LogP contribution in [-0.4, -0.2) is 13.2 Å². The van der Waals surface area contributed by atoms with Crippen LogP contribution in [-0.2, 0) is 6.42 Å². The molecule has 0 radical (unpaired) electrons. The van der Waals surface area contributed by atoms with Gasteiger partial charge in [-0.05, 0) is 43.5 Å². The predicted molar refractivity (Wildman–Crippen MR) is 65.1 cm³/mol. The molecule has 2 heteroatoms. The van der Waals surface area contributed by atoms with Gasteiger partial charge in [-0.3, -0.25) is 0 Å². The van der Waals surface area contributed by atoms with E-state index in [1.807, 2.05) is 26.0 Å². The fraction of sp³-hybridized carbons (Fsp3) is 0.385. The van der Waals surface area contributed by atoms with Gasteiger partial charge in [0.05, 0.1) is 7.11 Å². The Morgan fingerprint density at radius 1 is 1.53 bits per heavy atom. The highest BCUT2D eigenvalue weighted by Gasteiger charge is 2.06. The zero-order valence-corrected chi connectivity index (χ0v) is 9.71. The van der Waals surface area contributed by atoms with Crippen molar-refractivity contribution in [3.05, 3.63) is 35.9 Å². The highest BCUT2D eigenvalue weighted by molar-refractivity contribution is 5.63. The highest BCUT2D eigenvalue weighted by atomic mass is 16.5. The quantitative estimate of drug-likeness (QED) is 0.820. The Morgan fingerprint density at radius 3 is 2.67 bits per heavy atom. The minimum atomic E-state index is 0.138. The number of nitrogens with two attached hydrogens (primary N) is 1. The molecule has 1 unspecified atom stereocenters. The van der Waals surface area contributed by atoms with Crippen LogP contribution in [0.5, 0.6) is 5.75 Å². The molecule has 0 spiro atoms. The summed E-state index contributed by atoms with van der Waals surface area (Å²) < 4.78 is 5.30. The zero-order valence-electron chi connectivity index (χ0n) is 9.71. The van der Waals surface area contributed by atoms with Crippen LogP contribution in [0.3, 0.4) is 0 Å². The molecule has 0 aliphatic rings. The van der Waals surface area contributed by atoms with Crippen molar-refractivity contribution in [1.29, 1.82) is 0 Å². The smallest absolute Gasteiger partial charge is 0.122 e. The molecule has 1 atom stereocenters. The number of allylic oxidation sites excluding steroid dienone is 1. The first-order valence-electron chi connectivity index (χ1n) is 5.13. The first-order valence-corrected chi connectivity index (χ1v) is 5.13. The second-order valence-electron chi connectivity index (χ2n) is 3.99. The SMILES string of the molecule is C=C(C)c1ccc(OC)c(CC(C)N)c1. The van der Waals surface area contributed by atoms with Crippen molar-refractivity contribution in [3.63, 3.8) is 0 Å². The molecule has 0 amide bonds. The summed E-state index contributed by atoms with van der Waals surface area (Å²) in [5.74, 6) is 0.900. The molecule has 1 aromatic rings. The third-order valence-electron chi connectivity index (χ3n) is 2.32. The van der Waals surface area contributed by atoms with E-state index in [-0.39, 0.29) is 6.04 Å². The van der Waals surface area contributed by atoms with Gasteiger partial charge in [0.1, 0.15) is 5.75 Å². The molecule has 0 saturated heterocycles. The van der Waals surface area contributed by atoms with Crippen LogP contribution in [0.4, 0.5) is 0 Å². The number of hydrogen-bond acceptors (Lipinski definition) is 2. The van der Waals surface area contributed by atoms with E-state index in [2.05, 4.69) is 12.6 Å². The van der Waals surface area contributed by atoms with Gasteiger partial charge in [-0.15, -0.1) is 0 Å². The summed E-state index contributed by atoms with van der Waals surface area (Å²) in [6.45, 7) is 7.92. The van der Waals surface area contributed by atoms with Gasteiger partial charge in [-0.2, -0.15) is 0 Å². The molecule has 15 heavy (non-hydrogen) atoms. The van der Waals surface area contributed by atoms with E-state index in [9.17, 15) is 0 Å². The third kappa shape index (κ3) is 3.10. The van der Waals surface area contributed by atoms with E-state index in [0.717, 1.165) is 28.9 Å². The van der Waals surface area contributed by atoms with Crippen LogP contribution in [0, 0.1) is 0 Å². The Hall–Kier alpha value is -1.28. The summed E-state index contributed by atoms with van der Waals surface area (Å²) in [7, 11) is 1.68. The molecular formula is C13H19NO. The third-order valence-corrected chi connectivity index (χ3v) is 2.32. The molecule has 1 aromatic carbocycles. The molecule has 1 rings (SSSR count). The second kappa shape index (κ2) is 4.99. The van der Waals surface area contributed by atoms with Gasteiger partial charge in [0.2, 0.25) is 0 Å². The number of ether oxygens (including phenoxy) is 1. The summed E-state index contributed by atoms with van der Waals surface area (Å²) in [5, 5.41) is 0. The van der Waals surface area contributed by atoms with Crippen molar-refractivity contribution in [2.75, 3.05) is 7.11 Å². The van der Waals surface area contributed by atoms with E-state index < -0.39 is 0 Å². The molecule has 2 N–H and O–H groups in total. The van der Waals surface area contributed by atoms with E-state index in [1.54, 1.807) is 7.11 Å². The van der Waals surface area contributed by atoms with Crippen molar-refractivity contribution in [1.82, 2.24) is 0 Å². The normalized spacial score (nSPS) is 12.3. The number of rotatable bonds is 4. The topological polar surface area (TPSA) is 35.2 Å². The van der Waals surface area contributed by atoms with Gasteiger partial charge >= 0.3 is 0 Å². The van der Waals surface area contributed by atoms with Gasteiger partial charge < -0.3 is 10.5 Å². The van der Waals surface area contributed by atoms with E-state index in [4.69, 9.17) is 10.5 Å². The fourth-order valence-electron chi connectivity index (χ4n) is 1.55. The summed E-state index contributed by atoms with van der Waals surface area (Å²) in [4.78, 5) is 0. The average molecular weight is 205 g/mol. The maximum Gasteiger partial charge on any atom is 0.122 e. The molecule has 0 aliphatic heterocycles. The summed E-state index contributed by atoms with van der Waals surface area (Å²) in [5.41, 5.74) is 9.15. The molecule has 0 saturated carbocycles. The number of benzene rings is 1. The van der Waals surface area contributed by atoms with Gasteiger partial charge in [0.15, 0.2) is 0 Å². The molecular weight excluding hydrogens is 186 g/mol. The van der Waals surface area contributed by atoms with Crippen LogP contribution in [0.1, 0.15) is 25.0 Å². The van der Waals surface area contributed by atoms with E-state index in [1.165, 1.54) is 0 Å². The van der Waals surface area contributed by atoms with E-state index in [0.29, 0.717) is 0 Å². The lowest BCUT2D eigenvalue weighted by Crippen LogP contribution is -2.18. The molecule has 82 valence electrons. The van der Waals surface area contributed by atoms with Gasteiger partial charge in [0.25, 0.3) is 0 Å². The van der Waals surface area contributed by atoms with Crippen molar-refractivity contribution >= 4 is 5.57 Å². The number of methoxy groups -OCH3 is 1. The molecule has 0 aromatic heterocycles. The van der Waals surface area contributed by atoms with Crippen molar-refractivity contribution in [2.45, 2.75) is 26.3 Å². The summed E-state index contributed by atoms with van der Waals surface area (Å²) in [6.07, 6.45) is 0.824. The Morgan fingerprint density at radius 2 is 2.20 bits per heavy atom. The number of hydrogen-bond donors (Lipinski definition) is 1. The molecule has 0 aliphatic carbocycles. The monoisotopic (exact) mass is 205 g/mol. The summed E-state index contributed by atoms with van der Waals surface area (Å²) >= 11 is 0. The van der Waals surface area contributed by atoms with Crippen LogP contribution < -0.4 is 10.5 Å². The largest absolute Gasteiger partial charge is 0.496 e. The Balaban J connectivity index is 3.07. The molecule has 0 bridgehead atoms. The van der Waals surface area contributed by atoms with Gasteiger partial charge in [-0.1, -0.05) is 18.2 Å². The van der Waals surface area contributed by atoms with Crippen LogP contribution in [0.2, 0.25) is 0 Å². The maximum absolute atomic E-state index is 5.80. The van der Waals surface area contributed by atoms with Crippen molar-refractivity contribution in [3.8, 4) is 5.75 Å². The Bertz CT molecular complexity index is 356. The van der Waals surface area contributed by atoms with Gasteiger partial charge in [0, 0.05) is 6.04 Å².